The van der Waals surface area contributed by atoms with Crippen molar-refractivity contribution >= 4 is 5.82 Å². The zero-order valence-electron chi connectivity index (χ0n) is 8.78. The Labute approximate surface area is 95.3 Å². The summed E-state index contributed by atoms with van der Waals surface area (Å²) < 4.78 is 19.2. The second-order valence-electron chi connectivity index (χ2n) is 3.80. The summed E-state index contributed by atoms with van der Waals surface area (Å²) in [5.74, 6) is -1.37. The number of nitrogens with zero attached hydrogens (tertiary/aromatic N) is 2. The highest BCUT2D eigenvalue weighted by Gasteiger charge is 2.35. The van der Waals surface area contributed by atoms with Crippen LogP contribution in [0.25, 0.3) is 0 Å². The van der Waals surface area contributed by atoms with E-state index in [1.54, 1.807) is 0 Å². The van der Waals surface area contributed by atoms with Gasteiger partial charge in [0.05, 0.1) is 18.9 Å². The van der Waals surface area contributed by atoms with Crippen LogP contribution in [0.15, 0.2) is 11.0 Å². The van der Waals surface area contributed by atoms with E-state index in [0.29, 0.717) is 0 Å². The molecule has 2 heterocycles. The molecule has 3 unspecified atom stereocenters. The molecular weight excluding hydrogens is 233 g/mol. The normalized spacial score (nSPS) is 28.5. The molecule has 7 nitrogen and oxygen atoms in total. The summed E-state index contributed by atoms with van der Waals surface area (Å²) >= 11 is 0. The van der Waals surface area contributed by atoms with E-state index in [0.717, 1.165) is 10.8 Å². The summed E-state index contributed by atoms with van der Waals surface area (Å²) in [7, 11) is 0. The fourth-order valence-electron chi connectivity index (χ4n) is 1.74. The van der Waals surface area contributed by atoms with Crippen molar-refractivity contribution < 1.29 is 19.3 Å². The number of nitrogens with two attached hydrogens (primary N) is 1. The molecule has 1 aromatic rings. The molecular formula is C9H12FN3O4. The number of rotatable bonds is 2. The van der Waals surface area contributed by atoms with Crippen LogP contribution in [0.5, 0.6) is 0 Å². The number of aliphatic hydroxyl groups excluding tert-OH is 2. The molecule has 0 amide bonds. The summed E-state index contributed by atoms with van der Waals surface area (Å²) in [5, 5.41) is 18.5. The molecule has 1 saturated heterocycles. The lowest BCUT2D eigenvalue weighted by molar-refractivity contribution is -0.0533. The van der Waals surface area contributed by atoms with Crippen molar-refractivity contribution in [2.45, 2.75) is 24.9 Å². The molecule has 3 atom stereocenters. The highest BCUT2D eigenvalue weighted by atomic mass is 19.1. The van der Waals surface area contributed by atoms with Crippen molar-refractivity contribution in [3.8, 4) is 0 Å². The monoisotopic (exact) mass is 245 g/mol. The van der Waals surface area contributed by atoms with Crippen LogP contribution in [-0.2, 0) is 4.74 Å². The molecule has 1 aliphatic rings. The number of aromatic nitrogens is 2. The molecule has 0 aliphatic carbocycles. The summed E-state index contributed by atoms with van der Waals surface area (Å²) in [6.45, 7) is -0.285. The quantitative estimate of drug-likeness (QED) is 0.591. The first-order valence-corrected chi connectivity index (χ1v) is 5.01. The van der Waals surface area contributed by atoms with Gasteiger partial charge < -0.3 is 20.7 Å². The van der Waals surface area contributed by atoms with E-state index < -0.39 is 35.8 Å². The Bertz CT molecular complexity index is 478. The van der Waals surface area contributed by atoms with Gasteiger partial charge in [0.25, 0.3) is 0 Å². The van der Waals surface area contributed by atoms with Gasteiger partial charge in [-0.3, -0.25) is 4.57 Å². The Balaban J connectivity index is 2.35. The molecule has 1 aliphatic heterocycles. The summed E-state index contributed by atoms with van der Waals surface area (Å²) in [6.07, 6.45) is -1.64. The maximum Gasteiger partial charge on any atom is 0.351 e. The van der Waals surface area contributed by atoms with E-state index in [1.165, 1.54) is 0 Å². The molecule has 0 bridgehead atoms. The second-order valence-corrected chi connectivity index (χ2v) is 3.80. The lowest BCUT2D eigenvalue weighted by Crippen LogP contribution is -2.32. The van der Waals surface area contributed by atoms with Crippen molar-refractivity contribution in [3.05, 3.63) is 22.5 Å². The van der Waals surface area contributed by atoms with E-state index in [-0.39, 0.29) is 13.0 Å². The Hall–Kier alpha value is -1.51. The number of nitrogen functional groups attached to an aromatic ring is 1. The predicted molar refractivity (Wildman–Crippen MR) is 54.5 cm³/mol. The molecule has 0 saturated carbocycles. The molecule has 94 valence electrons. The Morgan fingerprint density at radius 1 is 1.71 bits per heavy atom. The molecule has 1 aromatic heterocycles. The van der Waals surface area contributed by atoms with Crippen LogP contribution in [0, 0.1) is 5.82 Å². The van der Waals surface area contributed by atoms with Crippen molar-refractivity contribution in [2.75, 3.05) is 12.3 Å². The fraction of sp³-hybridized carbons (Fsp3) is 0.556. The van der Waals surface area contributed by atoms with Crippen molar-refractivity contribution in [3.63, 3.8) is 0 Å². The topological polar surface area (TPSA) is 111 Å². The van der Waals surface area contributed by atoms with Gasteiger partial charge in [-0.2, -0.15) is 4.98 Å². The Morgan fingerprint density at radius 2 is 2.41 bits per heavy atom. The second kappa shape index (κ2) is 4.40. The number of halogens is 1. The zero-order valence-corrected chi connectivity index (χ0v) is 8.78. The van der Waals surface area contributed by atoms with Gasteiger partial charge in [0, 0.05) is 6.42 Å². The van der Waals surface area contributed by atoms with Gasteiger partial charge in [0.1, 0.15) is 6.10 Å². The molecule has 0 aromatic carbocycles. The van der Waals surface area contributed by atoms with Crippen LogP contribution in [0.2, 0.25) is 0 Å². The Kier molecular flexibility index (Phi) is 3.09. The molecule has 8 heteroatoms. The SMILES string of the molecule is Nc1nc(=O)n(C2OC(CO)CC2O)cc1F. The third-order valence-corrected chi connectivity index (χ3v) is 2.58. The average molecular weight is 245 g/mol. The molecule has 1 fully saturated rings. The van der Waals surface area contributed by atoms with Crippen LogP contribution >= 0.6 is 0 Å². The van der Waals surface area contributed by atoms with E-state index in [9.17, 15) is 14.3 Å². The van der Waals surface area contributed by atoms with Gasteiger partial charge in [0.2, 0.25) is 0 Å². The molecule has 2 rings (SSSR count). The summed E-state index contributed by atoms with van der Waals surface area (Å²) in [4.78, 5) is 14.7. The predicted octanol–water partition coefficient (Wildman–Crippen LogP) is -1.39. The Morgan fingerprint density at radius 3 is 3.00 bits per heavy atom. The van der Waals surface area contributed by atoms with Gasteiger partial charge in [-0.25, -0.2) is 9.18 Å². The minimum absolute atomic E-state index is 0.166. The zero-order chi connectivity index (χ0) is 12.6. The van der Waals surface area contributed by atoms with Crippen LogP contribution in [0.4, 0.5) is 10.2 Å². The third-order valence-electron chi connectivity index (χ3n) is 2.58. The lowest BCUT2D eigenvalue weighted by Gasteiger charge is -2.17. The molecule has 0 spiro atoms. The van der Waals surface area contributed by atoms with E-state index in [1.807, 2.05) is 0 Å². The number of hydrogen-bond acceptors (Lipinski definition) is 6. The summed E-state index contributed by atoms with van der Waals surface area (Å²) in [5.41, 5.74) is 4.32. The number of hydrogen-bond donors (Lipinski definition) is 3. The number of anilines is 1. The first-order chi connectivity index (χ1) is 8.02. The molecule has 17 heavy (non-hydrogen) atoms. The maximum atomic E-state index is 13.2. The van der Waals surface area contributed by atoms with Gasteiger partial charge in [-0.15, -0.1) is 0 Å². The average Bonchev–Trinajstić information content (AvgIpc) is 2.65. The van der Waals surface area contributed by atoms with Crippen molar-refractivity contribution in [1.29, 1.82) is 0 Å². The van der Waals surface area contributed by atoms with Gasteiger partial charge in [0.15, 0.2) is 17.9 Å². The largest absolute Gasteiger partial charge is 0.394 e. The van der Waals surface area contributed by atoms with Gasteiger partial charge in [-0.05, 0) is 0 Å². The first-order valence-electron chi connectivity index (χ1n) is 5.01. The standard InChI is InChI=1S/C9H12FN3O4/c10-5-2-13(9(16)12-7(5)11)8-6(15)1-4(3-14)17-8/h2,4,6,8,14-15H,1,3H2,(H2,11,12,16). The van der Waals surface area contributed by atoms with Crippen LogP contribution in [-0.4, -0.2) is 38.6 Å². The van der Waals surface area contributed by atoms with E-state index in [4.69, 9.17) is 15.6 Å². The van der Waals surface area contributed by atoms with Crippen LogP contribution in [0.1, 0.15) is 12.6 Å². The van der Waals surface area contributed by atoms with Crippen LogP contribution in [0.3, 0.4) is 0 Å². The maximum absolute atomic E-state index is 13.2. The third kappa shape index (κ3) is 2.14. The minimum Gasteiger partial charge on any atom is -0.394 e. The van der Waals surface area contributed by atoms with Crippen molar-refractivity contribution in [1.82, 2.24) is 9.55 Å². The van der Waals surface area contributed by atoms with Crippen LogP contribution < -0.4 is 11.4 Å². The minimum atomic E-state index is -1.05. The highest BCUT2D eigenvalue weighted by molar-refractivity contribution is 5.26. The smallest absolute Gasteiger partial charge is 0.351 e. The highest BCUT2D eigenvalue weighted by Crippen LogP contribution is 2.27. The summed E-state index contributed by atoms with van der Waals surface area (Å²) in [6, 6.07) is 0. The lowest BCUT2D eigenvalue weighted by atomic mass is 10.2. The van der Waals surface area contributed by atoms with Gasteiger partial charge >= 0.3 is 5.69 Å². The molecule has 4 N–H and O–H groups in total. The molecule has 0 radical (unpaired) electrons. The number of aliphatic hydroxyl groups is 2. The van der Waals surface area contributed by atoms with Gasteiger partial charge in [-0.1, -0.05) is 0 Å². The van der Waals surface area contributed by atoms with Crippen molar-refractivity contribution in [2.24, 2.45) is 0 Å². The van der Waals surface area contributed by atoms with E-state index in [2.05, 4.69) is 4.98 Å². The van der Waals surface area contributed by atoms with E-state index >= 15 is 0 Å². The number of ether oxygens (including phenoxy) is 1. The first kappa shape index (κ1) is 12.0. The fourth-order valence-corrected chi connectivity index (χ4v) is 1.74.